The van der Waals surface area contributed by atoms with Gasteiger partial charge in [0.05, 0.1) is 16.3 Å². The topological polar surface area (TPSA) is 41.1 Å². The van der Waals surface area contributed by atoms with Gasteiger partial charge in [-0.05, 0) is 42.3 Å². The Labute approximate surface area is 146 Å². The lowest BCUT2D eigenvalue weighted by molar-refractivity contribution is -0.137. The number of halogens is 5. The van der Waals surface area contributed by atoms with Crippen LogP contribution in [-0.4, -0.2) is 12.6 Å². The zero-order chi connectivity index (χ0) is 17.7. The summed E-state index contributed by atoms with van der Waals surface area (Å²) in [6, 6.07) is 9.24. The van der Waals surface area contributed by atoms with E-state index in [1.165, 1.54) is 0 Å². The van der Waals surface area contributed by atoms with Crippen LogP contribution in [0.1, 0.15) is 11.1 Å². The SMILES string of the molecule is O=C(NCCc1cccc(Cl)c1)Nc1cc(C(F)(F)F)ccc1Cl. The van der Waals surface area contributed by atoms with E-state index in [4.69, 9.17) is 23.2 Å². The minimum atomic E-state index is -4.51. The molecule has 0 saturated carbocycles. The highest BCUT2D eigenvalue weighted by Gasteiger charge is 2.31. The van der Waals surface area contributed by atoms with E-state index in [9.17, 15) is 18.0 Å². The molecule has 0 aromatic heterocycles. The number of carbonyl (C=O) groups is 1. The highest BCUT2D eigenvalue weighted by Crippen LogP contribution is 2.33. The first kappa shape index (κ1) is 18.4. The largest absolute Gasteiger partial charge is 0.416 e. The maximum absolute atomic E-state index is 12.7. The number of hydrogen-bond acceptors (Lipinski definition) is 1. The Morgan fingerprint density at radius 3 is 2.50 bits per heavy atom. The van der Waals surface area contributed by atoms with Gasteiger partial charge in [-0.2, -0.15) is 13.2 Å². The van der Waals surface area contributed by atoms with Crippen LogP contribution >= 0.6 is 23.2 Å². The number of nitrogens with one attached hydrogen (secondary N) is 2. The van der Waals surface area contributed by atoms with E-state index in [-0.39, 0.29) is 10.7 Å². The van der Waals surface area contributed by atoms with Crippen LogP contribution in [0.2, 0.25) is 10.0 Å². The molecule has 0 heterocycles. The second-order valence-electron chi connectivity index (χ2n) is 4.95. The summed E-state index contributed by atoms with van der Waals surface area (Å²) in [5, 5.41) is 5.48. The van der Waals surface area contributed by atoms with Gasteiger partial charge in [0.25, 0.3) is 0 Å². The first-order chi connectivity index (χ1) is 11.3. The van der Waals surface area contributed by atoms with Gasteiger partial charge in [0.15, 0.2) is 0 Å². The van der Waals surface area contributed by atoms with Crippen molar-refractivity contribution in [3.8, 4) is 0 Å². The van der Waals surface area contributed by atoms with Gasteiger partial charge in [-0.15, -0.1) is 0 Å². The van der Waals surface area contributed by atoms with Crippen LogP contribution in [0.25, 0.3) is 0 Å². The van der Waals surface area contributed by atoms with Gasteiger partial charge < -0.3 is 10.6 Å². The molecule has 0 atom stereocenters. The Kier molecular flexibility index (Phi) is 5.96. The maximum Gasteiger partial charge on any atom is 0.416 e. The van der Waals surface area contributed by atoms with E-state index in [1.807, 2.05) is 6.07 Å². The predicted octanol–water partition coefficient (Wildman–Crippen LogP) is 5.38. The van der Waals surface area contributed by atoms with Crippen LogP contribution in [0.3, 0.4) is 0 Å². The van der Waals surface area contributed by atoms with Crippen molar-refractivity contribution in [3.05, 3.63) is 63.6 Å². The average Bonchev–Trinajstić information content (AvgIpc) is 2.48. The van der Waals surface area contributed by atoms with Crippen LogP contribution in [0.4, 0.5) is 23.7 Å². The molecule has 0 fully saturated rings. The zero-order valence-electron chi connectivity index (χ0n) is 12.3. The van der Waals surface area contributed by atoms with E-state index in [0.29, 0.717) is 18.0 Å². The fourth-order valence-corrected chi connectivity index (χ4v) is 2.35. The molecule has 0 spiro atoms. The number of alkyl halides is 3. The number of benzene rings is 2. The molecule has 2 aromatic rings. The van der Waals surface area contributed by atoms with Gasteiger partial charge in [0, 0.05) is 11.6 Å². The minimum Gasteiger partial charge on any atom is -0.338 e. The first-order valence-corrected chi connectivity index (χ1v) is 7.67. The molecule has 3 nitrogen and oxygen atoms in total. The van der Waals surface area contributed by atoms with Gasteiger partial charge in [-0.25, -0.2) is 4.79 Å². The second kappa shape index (κ2) is 7.77. The Hall–Kier alpha value is -1.92. The number of urea groups is 1. The summed E-state index contributed by atoms with van der Waals surface area (Å²) in [5.74, 6) is 0. The summed E-state index contributed by atoms with van der Waals surface area (Å²) in [6.45, 7) is 0.294. The molecular formula is C16H13Cl2F3N2O. The molecule has 24 heavy (non-hydrogen) atoms. The Balaban J connectivity index is 1.92. The van der Waals surface area contributed by atoms with Crippen LogP contribution in [0.5, 0.6) is 0 Å². The zero-order valence-corrected chi connectivity index (χ0v) is 13.8. The van der Waals surface area contributed by atoms with Gasteiger partial charge in [-0.3, -0.25) is 0 Å². The van der Waals surface area contributed by atoms with Gasteiger partial charge in [0.2, 0.25) is 0 Å². The molecule has 0 aliphatic carbocycles. The van der Waals surface area contributed by atoms with E-state index in [0.717, 1.165) is 23.8 Å². The molecule has 0 radical (unpaired) electrons. The molecule has 0 aliphatic heterocycles. The van der Waals surface area contributed by atoms with Crippen molar-refractivity contribution in [2.24, 2.45) is 0 Å². The monoisotopic (exact) mass is 376 g/mol. The molecule has 2 amide bonds. The standard InChI is InChI=1S/C16H13Cl2F3N2O/c17-12-3-1-2-10(8-12)6-7-22-15(24)23-14-9-11(16(19,20)21)4-5-13(14)18/h1-5,8-9H,6-7H2,(H2,22,23,24). The van der Waals surface area contributed by atoms with E-state index in [2.05, 4.69) is 10.6 Å². The third-order valence-corrected chi connectivity index (χ3v) is 3.69. The van der Waals surface area contributed by atoms with Crippen molar-refractivity contribution in [2.45, 2.75) is 12.6 Å². The van der Waals surface area contributed by atoms with Crippen LogP contribution in [0, 0.1) is 0 Å². The molecule has 2 rings (SSSR count). The fraction of sp³-hybridized carbons (Fsp3) is 0.188. The third-order valence-electron chi connectivity index (χ3n) is 3.13. The average molecular weight is 377 g/mol. The third kappa shape index (κ3) is 5.32. The van der Waals surface area contributed by atoms with Crippen LogP contribution < -0.4 is 10.6 Å². The van der Waals surface area contributed by atoms with Crippen molar-refractivity contribution < 1.29 is 18.0 Å². The summed E-state index contributed by atoms with van der Waals surface area (Å²) in [6.07, 6.45) is -3.98. The minimum absolute atomic E-state index is 0.0213. The van der Waals surface area contributed by atoms with Crippen molar-refractivity contribution in [1.82, 2.24) is 5.32 Å². The van der Waals surface area contributed by atoms with Crippen molar-refractivity contribution >= 4 is 34.9 Å². The lowest BCUT2D eigenvalue weighted by Gasteiger charge is -2.12. The van der Waals surface area contributed by atoms with Crippen LogP contribution in [-0.2, 0) is 12.6 Å². The Morgan fingerprint density at radius 2 is 1.83 bits per heavy atom. The fourth-order valence-electron chi connectivity index (χ4n) is 1.98. The second-order valence-corrected chi connectivity index (χ2v) is 5.80. The first-order valence-electron chi connectivity index (χ1n) is 6.92. The molecule has 0 saturated heterocycles. The molecule has 2 aromatic carbocycles. The normalized spacial score (nSPS) is 11.2. The predicted molar refractivity (Wildman–Crippen MR) is 88.6 cm³/mol. The Morgan fingerprint density at radius 1 is 1.08 bits per heavy atom. The Bertz CT molecular complexity index is 736. The molecule has 128 valence electrons. The van der Waals surface area contributed by atoms with Gasteiger partial charge >= 0.3 is 12.2 Å². The lowest BCUT2D eigenvalue weighted by Crippen LogP contribution is -2.30. The number of carbonyl (C=O) groups excluding carboxylic acids is 1. The summed E-state index contributed by atoms with van der Waals surface area (Å²) < 4.78 is 38.0. The summed E-state index contributed by atoms with van der Waals surface area (Å²) in [7, 11) is 0. The molecular weight excluding hydrogens is 364 g/mol. The molecule has 8 heteroatoms. The van der Waals surface area contributed by atoms with Gasteiger partial charge in [0.1, 0.15) is 0 Å². The highest BCUT2D eigenvalue weighted by molar-refractivity contribution is 6.33. The van der Waals surface area contributed by atoms with Crippen molar-refractivity contribution in [3.63, 3.8) is 0 Å². The number of amides is 2. The number of rotatable bonds is 4. The highest BCUT2D eigenvalue weighted by atomic mass is 35.5. The van der Waals surface area contributed by atoms with Crippen molar-refractivity contribution in [2.75, 3.05) is 11.9 Å². The summed E-state index contributed by atoms with van der Waals surface area (Å²) in [4.78, 5) is 11.8. The quantitative estimate of drug-likeness (QED) is 0.739. The molecule has 0 aliphatic rings. The number of anilines is 1. The van der Waals surface area contributed by atoms with Crippen molar-refractivity contribution in [1.29, 1.82) is 0 Å². The van der Waals surface area contributed by atoms with Gasteiger partial charge in [-0.1, -0.05) is 35.3 Å². The van der Waals surface area contributed by atoms with E-state index < -0.39 is 17.8 Å². The smallest absolute Gasteiger partial charge is 0.338 e. The summed E-state index contributed by atoms with van der Waals surface area (Å²) >= 11 is 11.7. The van der Waals surface area contributed by atoms with E-state index in [1.54, 1.807) is 18.2 Å². The molecule has 2 N–H and O–H groups in total. The number of hydrogen-bond donors (Lipinski definition) is 2. The van der Waals surface area contributed by atoms with Crippen LogP contribution in [0.15, 0.2) is 42.5 Å². The lowest BCUT2D eigenvalue weighted by atomic mass is 10.1. The summed E-state index contributed by atoms with van der Waals surface area (Å²) in [5.41, 5.74) is -0.0622. The molecule has 0 unspecified atom stereocenters. The van der Waals surface area contributed by atoms with E-state index >= 15 is 0 Å². The maximum atomic E-state index is 12.7. The molecule has 0 bridgehead atoms.